The molecular formula is C28H23F. The largest absolute Gasteiger partial charge is 0.206 e. The van der Waals surface area contributed by atoms with Crippen LogP contribution >= 0.6 is 0 Å². The number of aryl methyl sites for hydroxylation is 2. The van der Waals surface area contributed by atoms with E-state index in [4.69, 9.17) is 0 Å². The summed E-state index contributed by atoms with van der Waals surface area (Å²) >= 11 is 0. The highest BCUT2D eigenvalue weighted by Gasteiger charge is 2.06. The van der Waals surface area contributed by atoms with Crippen LogP contribution in [-0.2, 0) is 6.42 Å². The second-order valence-electron chi connectivity index (χ2n) is 7.42. The molecule has 0 unspecified atom stereocenters. The summed E-state index contributed by atoms with van der Waals surface area (Å²) in [4.78, 5) is 0. The average Bonchev–Trinajstić information content (AvgIpc) is 2.75. The molecular weight excluding hydrogens is 355 g/mol. The van der Waals surface area contributed by atoms with Crippen LogP contribution in [0.1, 0.15) is 35.6 Å². The minimum atomic E-state index is -0.101. The van der Waals surface area contributed by atoms with Crippen molar-refractivity contribution in [3.8, 4) is 23.0 Å². The summed E-state index contributed by atoms with van der Waals surface area (Å²) in [6, 6.07) is 26.4. The summed E-state index contributed by atoms with van der Waals surface area (Å²) in [7, 11) is 0. The van der Waals surface area contributed by atoms with Gasteiger partial charge in [0.2, 0.25) is 0 Å². The van der Waals surface area contributed by atoms with E-state index in [1.807, 2.05) is 42.5 Å². The standard InChI is InChI=1S/C28H23F/c1-3-4-25-16-17-26-19-22(11-18-27(26)28(25)29)8-7-21-9-14-24(15-10-21)23-12-5-20(2)6-13-23/h5-6,9-19H,3-4H2,1-2H3. The summed E-state index contributed by atoms with van der Waals surface area (Å²) in [5, 5.41) is 1.56. The molecule has 0 spiro atoms. The highest BCUT2D eigenvalue weighted by Crippen LogP contribution is 2.23. The van der Waals surface area contributed by atoms with Crippen molar-refractivity contribution in [2.24, 2.45) is 0 Å². The maximum atomic E-state index is 14.6. The van der Waals surface area contributed by atoms with Gasteiger partial charge in [0.15, 0.2) is 0 Å². The molecule has 0 radical (unpaired) electrons. The molecule has 29 heavy (non-hydrogen) atoms. The zero-order valence-corrected chi connectivity index (χ0v) is 16.8. The van der Waals surface area contributed by atoms with Gasteiger partial charge < -0.3 is 0 Å². The Balaban J connectivity index is 1.57. The number of hydrogen-bond donors (Lipinski definition) is 0. The monoisotopic (exact) mass is 378 g/mol. The molecule has 0 nitrogen and oxygen atoms in total. The van der Waals surface area contributed by atoms with Gasteiger partial charge in [-0.25, -0.2) is 4.39 Å². The van der Waals surface area contributed by atoms with Crippen LogP contribution in [0.2, 0.25) is 0 Å². The van der Waals surface area contributed by atoms with E-state index in [0.29, 0.717) is 5.39 Å². The van der Waals surface area contributed by atoms with Gasteiger partial charge in [0.05, 0.1) is 0 Å². The maximum absolute atomic E-state index is 14.6. The molecule has 142 valence electrons. The highest BCUT2D eigenvalue weighted by atomic mass is 19.1. The first-order chi connectivity index (χ1) is 14.1. The first-order valence-corrected chi connectivity index (χ1v) is 10.0. The Bertz CT molecular complexity index is 1200. The summed E-state index contributed by atoms with van der Waals surface area (Å²) in [6.07, 6.45) is 1.70. The van der Waals surface area contributed by atoms with Crippen molar-refractivity contribution in [1.82, 2.24) is 0 Å². The lowest BCUT2D eigenvalue weighted by Crippen LogP contribution is -1.91. The van der Waals surface area contributed by atoms with Crippen molar-refractivity contribution in [2.45, 2.75) is 26.7 Å². The van der Waals surface area contributed by atoms with Crippen molar-refractivity contribution in [1.29, 1.82) is 0 Å². The Morgan fingerprint density at radius 3 is 2.03 bits per heavy atom. The van der Waals surface area contributed by atoms with Crippen molar-refractivity contribution in [3.05, 3.63) is 107 Å². The van der Waals surface area contributed by atoms with E-state index < -0.39 is 0 Å². The first kappa shape index (κ1) is 19.0. The van der Waals surface area contributed by atoms with E-state index in [1.54, 1.807) is 0 Å². The average molecular weight is 378 g/mol. The summed E-state index contributed by atoms with van der Waals surface area (Å²) in [5.41, 5.74) is 6.28. The lowest BCUT2D eigenvalue weighted by atomic mass is 10.0. The molecule has 0 N–H and O–H groups in total. The predicted molar refractivity (Wildman–Crippen MR) is 120 cm³/mol. The van der Waals surface area contributed by atoms with Gasteiger partial charge in [-0.1, -0.05) is 85.3 Å². The van der Waals surface area contributed by atoms with Gasteiger partial charge in [0, 0.05) is 16.5 Å². The topological polar surface area (TPSA) is 0 Å². The van der Waals surface area contributed by atoms with Crippen LogP contribution < -0.4 is 0 Å². The maximum Gasteiger partial charge on any atom is 0.134 e. The second-order valence-corrected chi connectivity index (χ2v) is 7.42. The Morgan fingerprint density at radius 2 is 1.34 bits per heavy atom. The molecule has 4 aromatic rings. The van der Waals surface area contributed by atoms with Gasteiger partial charge in [-0.05, 0) is 59.7 Å². The number of halogens is 1. The minimum Gasteiger partial charge on any atom is -0.206 e. The van der Waals surface area contributed by atoms with Crippen molar-refractivity contribution in [3.63, 3.8) is 0 Å². The van der Waals surface area contributed by atoms with Gasteiger partial charge in [-0.2, -0.15) is 0 Å². The predicted octanol–water partition coefficient (Wildman–Crippen LogP) is 7.31. The van der Waals surface area contributed by atoms with Crippen LogP contribution in [0.25, 0.3) is 21.9 Å². The van der Waals surface area contributed by atoms with E-state index in [-0.39, 0.29) is 5.82 Å². The SMILES string of the molecule is CCCc1ccc2cc(C#Cc3ccc(-c4ccc(C)cc4)cc3)ccc2c1F. The Hall–Kier alpha value is -3.37. The van der Waals surface area contributed by atoms with Gasteiger partial charge in [-0.15, -0.1) is 0 Å². The molecule has 0 aliphatic carbocycles. The normalized spacial score (nSPS) is 10.6. The van der Waals surface area contributed by atoms with Crippen LogP contribution in [0.15, 0.2) is 78.9 Å². The molecule has 0 saturated carbocycles. The fourth-order valence-corrected chi connectivity index (χ4v) is 3.51. The number of benzene rings is 4. The molecule has 4 rings (SSSR count). The minimum absolute atomic E-state index is 0.101. The van der Waals surface area contributed by atoms with E-state index in [0.717, 1.165) is 34.9 Å². The van der Waals surface area contributed by atoms with E-state index in [9.17, 15) is 4.39 Å². The molecule has 0 saturated heterocycles. The van der Waals surface area contributed by atoms with E-state index >= 15 is 0 Å². The van der Waals surface area contributed by atoms with Crippen LogP contribution in [-0.4, -0.2) is 0 Å². The zero-order valence-electron chi connectivity index (χ0n) is 16.8. The Kier molecular flexibility index (Phi) is 5.45. The van der Waals surface area contributed by atoms with Crippen LogP contribution in [0.3, 0.4) is 0 Å². The molecule has 1 heteroatoms. The second kappa shape index (κ2) is 8.33. The number of hydrogen-bond acceptors (Lipinski definition) is 0. The van der Waals surface area contributed by atoms with E-state index in [1.165, 1.54) is 16.7 Å². The van der Waals surface area contributed by atoms with Gasteiger partial charge in [0.1, 0.15) is 5.82 Å². The van der Waals surface area contributed by atoms with Crippen LogP contribution in [0.5, 0.6) is 0 Å². The fraction of sp³-hybridized carbons (Fsp3) is 0.143. The Labute approximate surface area is 172 Å². The summed E-state index contributed by atoms with van der Waals surface area (Å²) in [5.74, 6) is 6.32. The quantitative estimate of drug-likeness (QED) is 0.328. The van der Waals surface area contributed by atoms with Crippen molar-refractivity contribution >= 4 is 10.8 Å². The first-order valence-electron chi connectivity index (χ1n) is 10.0. The molecule has 0 aliphatic rings. The molecule has 0 amide bonds. The third-order valence-electron chi connectivity index (χ3n) is 5.17. The molecule has 0 fully saturated rings. The Morgan fingerprint density at radius 1 is 0.724 bits per heavy atom. The van der Waals surface area contributed by atoms with Crippen molar-refractivity contribution < 1.29 is 4.39 Å². The lowest BCUT2D eigenvalue weighted by molar-refractivity contribution is 0.619. The van der Waals surface area contributed by atoms with Gasteiger partial charge in [0.25, 0.3) is 0 Å². The molecule has 0 bridgehead atoms. The smallest absolute Gasteiger partial charge is 0.134 e. The summed E-state index contributed by atoms with van der Waals surface area (Å²) < 4.78 is 14.6. The lowest BCUT2D eigenvalue weighted by Gasteiger charge is -2.06. The van der Waals surface area contributed by atoms with Gasteiger partial charge >= 0.3 is 0 Å². The van der Waals surface area contributed by atoms with Crippen LogP contribution in [0, 0.1) is 24.6 Å². The van der Waals surface area contributed by atoms with Crippen molar-refractivity contribution in [2.75, 3.05) is 0 Å². The number of rotatable bonds is 3. The fourth-order valence-electron chi connectivity index (χ4n) is 3.51. The third kappa shape index (κ3) is 4.23. The van der Waals surface area contributed by atoms with Gasteiger partial charge in [-0.3, -0.25) is 0 Å². The molecule has 0 atom stereocenters. The van der Waals surface area contributed by atoms with Crippen LogP contribution in [0.4, 0.5) is 4.39 Å². The zero-order chi connectivity index (χ0) is 20.2. The molecule has 4 aromatic carbocycles. The number of fused-ring (bicyclic) bond motifs is 1. The summed E-state index contributed by atoms with van der Waals surface area (Å²) in [6.45, 7) is 4.16. The molecule has 0 heterocycles. The highest BCUT2D eigenvalue weighted by molar-refractivity contribution is 5.85. The molecule has 0 aliphatic heterocycles. The van der Waals surface area contributed by atoms with E-state index in [2.05, 4.69) is 62.1 Å². The molecule has 0 aromatic heterocycles. The third-order valence-corrected chi connectivity index (χ3v) is 5.17.